The lowest BCUT2D eigenvalue weighted by Crippen LogP contribution is -2.22. The summed E-state index contributed by atoms with van der Waals surface area (Å²) in [5.74, 6) is -0.284. The van der Waals surface area contributed by atoms with Crippen LogP contribution in [0.5, 0.6) is 0 Å². The van der Waals surface area contributed by atoms with Crippen LogP contribution in [0.3, 0.4) is 0 Å². The zero-order valence-corrected chi connectivity index (χ0v) is 10.5. The zero-order valence-electron chi connectivity index (χ0n) is 10.5. The van der Waals surface area contributed by atoms with Crippen molar-refractivity contribution in [3.05, 3.63) is 33.6 Å². The van der Waals surface area contributed by atoms with Crippen molar-refractivity contribution in [2.75, 3.05) is 14.1 Å². The maximum atomic E-state index is 12.0. The van der Waals surface area contributed by atoms with Gasteiger partial charge in [0, 0.05) is 14.1 Å². The van der Waals surface area contributed by atoms with Gasteiger partial charge in [0.15, 0.2) is 11.5 Å². The van der Waals surface area contributed by atoms with Crippen molar-refractivity contribution in [2.45, 2.75) is 6.92 Å². The molecule has 0 aliphatic rings. The van der Waals surface area contributed by atoms with E-state index in [0.717, 1.165) is 0 Å². The molecular formula is C11H11N3O5. The predicted octanol–water partition coefficient (Wildman–Crippen LogP) is 1.85. The van der Waals surface area contributed by atoms with Crippen molar-refractivity contribution < 1.29 is 18.7 Å². The number of aryl methyl sites for hydroxylation is 1. The number of nitro groups is 1. The highest BCUT2D eigenvalue weighted by atomic mass is 16.6. The lowest BCUT2D eigenvalue weighted by atomic mass is 10.1. The van der Waals surface area contributed by atoms with E-state index in [1.807, 2.05) is 0 Å². The first-order chi connectivity index (χ1) is 8.91. The molecule has 0 unspecified atom stereocenters. The fourth-order valence-electron chi connectivity index (χ4n) is 1.57. The number of hydrogen-bond donors (Lipinski definition) is 0. The topological polar surface area (TPSA) is 103 Å². The van der Waals surface area contributed by atoms with E-state index in [2.05, 4.69) is 5.16 Å². The van der Waals surface area contributed by atoms with Crippen LogP contribution in [0.1, 0.15) is 16.1 Å². The highest BCUT2D eigenvalue weighted by Gasteiger charge is 2.26. The van der Waals surface area contributed by atoms with E-state index in [1.165, 1.54) is 17.0 Å². The summed E-state index contributed by atoms with van der Waals surface area (Å²) >= 11 is 0. The van der Waals surface area contributed by atoms with Gasteiger partial charge in [-0.3, -0.25) is 14.9 Å². The molecule has 0 spiro atoms. The maximum absolute atomic E-state index is 12.0. The maximum Gasteiger partial charge on any atom is 0.433 e. The Morgan fingerprint density at radius 2 is 2.11 bits per heavy atom. The summed E-state index contributed by atoms with van der Waals surface area (Å²) in [6.07, 6.45) is 0. The van der Waals surface area contributed by atoms with Crippen LogP contribution in [0.4, 0.5) is 5.88 Å². The number of rotatable bonds is 3. The molecule has 0 fully saturated rings. The minimum atomic E-state index is -0.663. The smallest absolute Gasteiger partial charge is 0.399 e. The quantitative estimate of drug-likeness (QED) is 0.619. The number of carbonyl (C=O) groups excluding carboxylic acids is 1. The number of aromatic nitrogens is 1. The molecule has 100 valence electrons. The highest BCUT2D eigenvalue weighted by molar-refractivity contribution is 6.00. The Morgan fingerprint density at radius 1 is 1.42 bits per heavy atom. The number of amides is 1. The molecule has 8 heteroatoms. The molecular weight excluding hydrogens is 254 g/mol. The monoisotopic (exact) mass is 265 g/mol. The largest absolute Gasteiger partial charge is 0.433 e. The molecule has 0 saturated heterocycles. The fraction of sp³-hybridized carbons (Fsp3) is 0.273. The Kier molecular flexibility index (Phi) is 3.07. The van der Waals surface area contributed by atoms with Gasteiger partial charge in [-0.25, -0.2) is 0 Å². The normalized spacial score (nSPS) is 10.5. The average Bonchev–Trinajstić information content (AvgIpc) is 2.94. The Hall–Kier alpha value is -2.64. The first kappa shape index (κ1) is 12.8. The zero-order chi connectivity index (χ0) is 14.2. The molecule has 19 heavy (non-hydrogen) atoms. The molecule has 0 aromatic carbocycles. The number of nitrogens with zero attached hydrogens (tertiary/aromatic N) is 3. The molecule has 2 heterocycles. The average molecular weight is 265 g/mol. The predicted molar refractivity (Wildman–Crippen MR) is 63.6 cm³/mol. The summed E-state index contributed by atoms with van der Waals surface area (Å²) in [5.41, 5.74) is 0.388. The van der Waals surface area contributed by atoms with Crippen LogP contribution in [0.25, 0.3) is 11.5 Å². The molecule has 0 bridgehead atoms. The van der Waals surface area contributed by atoms with E-state index < -0.39 is 10.8 Å². The Morgan fingerprint density at radius 3 is 2.63 bits per heavy atom. The van der Waals surface area contributed by atoms with Gasteiger partial charge in [0.1, 0.15) is 16.2 Å². The van der Waals surface area contributed by atoms with E-state index in [4.69, 9.17) is 8.94 Å². The Balaban J connectivity index is 2.50. The molecule has 0 atom stereocenters. The third-order valence-corrected chi connectivity index (χ3v) is 2.49. The van der Waals surface area contributed by atoms with Crippen LogP contribution in [-0.4, -0.2) is 35.0 Å². The van der Waals surface area contributed by atoms with Gasteiger partial charge in [0.25, 0.3) is 5.91 Å². The summed E-state index contributed by atoms with van der Waals surface area (Å²) in [7, 11) is 3.17. The third-order valence-electron chi connectivity index (χ3n) is 2.49. The van der Waals surface area contributed by atoms with Crippen molar-refractivity contribution in [1.29, 1.82) is 0 Å². The Labute approximate surface area is 107 Å². The fourth-order valence-corrected chi connectivity index (χ4v) is 1.57. The number of hydrogen-bond acceptors (Lipinski definition) is 6. The van der Waals surface area contributed by atoms with Crippen molar-refractivity contribution in [2.24, 2.45) is 0 Å². The first-order valence-electron chi connectivity index (χ1n) is 5.34. The molecule has 8 nitrogen and oxygen atoms in total. The van der Waals surface area contributed by atoms with Gasteiger partial charge >= 0.3 is 5.88 Å². The summed E-state index contributed by atoms with van der Waals surface area (Å²) in [5, 5.41) is 14.3. The first-order valence-corrected chi connectivity index (χ1v) is 5.34. The molecule has 0 saturated carbocycles. The van der Waals surface area contributed by atoms with Crippen molar-refractivity contribution in [3.8, 4) is 11.5 Å². The Bertz CT molecular complexity index is 641. The molecule has 1 amide bonds. The van der Waals surface area contributed by atoms with Crippen LogP contribution < -0.4 is 0 Å². The number of carbonyl (C=O) groups is 1. The van der Waals surface area contributed by atoms with Gasteiger partial charge in [-0.15, -0.1) is 0 Å². The second-order valence-electron chi connectivity index (χ2n) is 4.06. The van der Waals surface area contributed by atoms with Crippen LogP contribution in [0.2, 0.25) is 0 Å². The molecule has 0 radical (unpaired) electrons. The van der Waals surface area contributed by atoms with Gasteiger partial charge < -0.3 is 13.8 Å². The second kappa shape index (κ2) is 4.56. The summed E-state index contributed by atoms with van der Waals surface area (Å²) in [6, 6.07) is 2.57. The minimum Gasteiger partial charge on any atom is -0.399 e. The molecule has 0 aliphatic carbocycles. The molecule has 0 N–H and O–H groups in total. The van der Waals surface area contributed by atoms with Crippen molar-refractivity contribution in [3.63, 3.8) is 0 Å². The molecule has 2 aromatic heterocycles. The number of furan rings is 1. The van der Waals surface area contributed by atoms with Gasteiger partial charge in [-0.05, 0) is 13.0 Å². The summed E-state index contributed by atoms with van der Waals surface area (Å²) in [6.45, 7) is 1.59. The van der Waals surface area contributed by atoms with Crippen LogP contribution in [0, 0.1) is 17.0 Å². The van der Waals surface area contributed by atoms with Gasteiger partial charge in [0.2, 0.25) is 0 Å². The SMILES string of the molecule is Cc1onc(-c2ccc([N+](=O)[O-])o2)c1C(=O)N(C)C. The van der Waals surface area contributed by atoms with Gasteiger partial charge in [0.05, 0.1) is 6.07 Å². The van der Waals surface area contributed by atoms with Crippen LogP contribution in [-0.2, 0) is 0 Å². The van der Waals surface area contributed by atoms with Crippen molar-refractivity contribution in [1.82, 2.24) is 10.1 Å². The summed E-state index contributed by atoms with van der Waals surface area (Å²) < 4.78 is 9.99. The van der Waals surface area contributed by atoms with E-state index in [1.54, 1.807) is 21.0 Å². The van der Waals surface area contributed by atoms with E-state index >= 15 is 0 Å². The summed E-state index contributed by atoms with van der Waals surface area (Å²) in [4.78, 5) is 23.3. The van der Waals surface area contributed by atoms with Gasteiger partial charge in [-0.2, -0.15) is 0 Å². The van der Waals surface area contributed by atoms with E-state index in [-0.39, 0.29) is 22.9 Å². The lowest BCUT2D eigenvalue weighted by Gasteiger charge is -2.09. The highest BCUT2D eigenvalue weighted by Crippen LogP contribution is 2.30. The van der Waals surface area contributed by atoms with E-state index in [9.17, 15) is 14.9 Å². The lowest BCUT2D eigenvalue weighted by molar-refractivity contribution is -0.401. The van der Waals surface area contributed by atoms with Crippen LogP contribution >= 0.6 is 0 Å². The minimum absolute atomic E-state index is 0.119. The van der Waals surface area contributed by atoms with E-state index in [0.29, 0.717) is 5.76 Å². The molecule has 2 aromatic rings. The van der Waals surface area contributed by atoms with Crippen LogP contribution in [0.15, 0.2) is 21.1 Å². The third kappa shape index (κ3) is 2.19. The molecule has 2 rings (SSSR count). The van der Waals surface area contributed by atoms with Gasteiger partial charge in [-0.1, -0.05) is 5.16 Å². The standard InChI is InChI=1S/C11H11N3O5/c1-6-9(11(15)13(2)3)10(12-19-6)7-4-5-8(18-7)14(16)17/h4-5H,1-3H3. The van der Waals surface area contributed by atoms with Crippen molar-refractivity contribution >= 4 is 11.8 Å². The molecule has 0 aliphatic heterocycles. The second-order valence-corrected chi connectivity index (χ2v) is 4.06.